The Morgan fingerprint density at radius 3 is 2.70 bits per heavy atom. The van der Waals surface area contributed by atoms with Crippen molar-refractivity contribution in [2.45, 2.75) is 12.7 Å². The van der Waals surface area contributed by atoms with E-state index in [0.717, 1.165) is 6.07 Å². The zero-order chi connectivity index (χ0) is 14.6. The number of hydrogen-bond donors (Lipinski definition) is 2. The fourth-order valence-corrected chi connectivity index (χ4v) is 2.11. The molecule has 7 heteroatoms. The van der Waals surface area contributed by atoms with Gasteiger partial charge in [-0.3, -0.25) is 0 Å². The molecule has 2 rings (SSSR count). The van der Waals surface area contributed by atoms with Crippen LogP contribution in [-0.2, 0) is 12.7 Å². The molecule has 1 saturated heterocycles. The summed E-state index contributed by atoms with van der Waals surface area (Å²) in [7, 11) is 0. The van der Waals surface area contributed by atoms with Gasteiger partial charge in [0.05, 0.1) is 5.56 Å². The molecular weight excluding hydrogens is 271 g/mol. The van der Waals surface area contributed by atoms with Crippen molar-refractivity contribution in [3.63, 3.8) is 0 Å². The van der Waals surface area contributed by atoms with Crippen molar-refractivity contribution in [2.24, 2.45) is 0 Å². The van der Waals surface area contributed by atoms with Crippen LogP contribution in [0, 0.1) is 0 Å². The second-order valence-electron chi connectivity index (χ2n) is 4.55. The van der Waals surface area contributed by atoms with E-state index in [1.165, 1.54) is 12.1 Å². The third kappa shape index (κ3) is 3.63. The molecule has 0 aliphatic carbocycles. The number of benzene rings is 1. The number of hydrogen-bond acceptors (Lipinski definition) is 2. The molecular formula is C13H16F3N3O. The first-order valence-electron chi connectivity index (χ1n) is 6.37. The average Bonchev–Trinajstić information content (AvgIpc) is 2.80. The van der Waals surface area contributed by atoms with Gasteiger partial charge < -0.3 is 15.5 Å². The molecule has 0 bridgehead atoms. The summed E-state index contributed by atoms with van der Waals surface area (Å²) in [4.78, 5) is 12.9. The molecule has 1 heterocycles. The van der Waals surface area contributed by atoms with Gasteiger partial charge in [-0.15, -0.1) is 0 Å². The Balaban J connectivity index is 1.84. The van der Waals surface area contributed by atoms with Gasteiger partial charge in [0.2, 0.25) is 0 Å². The van der Waals surface area contributed by atoms with Crippen LogP contribution in [0.25, 0.3) is 0 Å². The van der Waals surface area contributed by atoms with Gasteiger partial charge in [0.1, 0.15) is 0 Å². The molecule has 4 nitrogen and oxygen atoms in total. The topological polar surface area (TPSA) is 44.4 Å². The van der Waals surface area contributed by atoms with E-state index in [9.17, 15) is 18.0 Å². The Bertz CT molecular complexity index is 476. The number of alkyl halides is 3. The molecule has 0 radical (unpaired) electrons. The summed E-state index contributed by atoms with van der Waals surface area (Å²) in [6.45, 7) is 2.33. The lowest BCUT2D eigenvalue weighted by atomic mass is 10.1. The van der Waals surface area contributed by atoms with Gasteiger partial charge in [-0.25, -0.2) is 4.79 Å². The van der Waals surface area contributed by atoms with Crippen LogP contribution in [0.1, 0.15) is 11.1 Å². The summed E-state index contributed by atoms with van der Waals surface area (Å²) in [5.74, 6) is 0. The van der Waals surface area contributed by atoms with E-state index in [1.807, 2.05) is 0 Å². The first-order valence-corrected chi connectivity index (χ1v) is 6.37. The Hall–Kier alpha value is -1.76. The van der Waals surface area contributed by atoms with E-state index in [1.54, 1.807) is 11.0 Å². The number of carbonyl (C=O) groups is 1. The van der Waals surface area contributed by atoms with Crippen molar-refractivity contribution in [3.8, 4) is 0 Å². The normalized spacial score (nSPS) is 15.6. The summed E-state index contributed by atoms with van der Waals surface area (Å²) in [5.41, 5.74) is -0.405. The number of nitrogens with zero attached hydrogens (tertiary/aromatic N) is 1. The highest BCUT2D eigenvalue weighted by Crippen LogP contribution is 2.31. The number of rotatable bonds is 5. The van der Waals surface area contributed by atoms with Crippen molar-refractivity contribution in [2.75, 3.05) is 26.2 Å². The monoisotopic (exact) mass is 287 g/mol. The summed E-state index contributed by atoms with van der Waals surface area (Å²) in [5, 5.41) is 5.61. The fourth-order valence-electron chi connectivity index (χ4n) is 2.11. The van der Waals surface area contributed by atoms with E-state index in [-0.39, 0.29) is 18.1 Å². The van der Waals surface area contributed by atoms with Crippen molar-refractivity contribution in [1.29, 1.82) is 0 Å². The molecule has 1 aromatic rings. The molecule has 110 valence electrons. The molecule has 20 heavy (non-hydrogen) atoms. The molecule has 1 aromatic carbocycles. The minimum Gasteiger partial charge on any atom is -0.336 e. The minimum atomic E-state index is -4.34. The number of amides is 2. The third-order valence-corrected chi connectivity index (χ3v) is 3.14. The highest BCUT2D eigenvalue weighted by molar-refractivity contribution is 5.76. The van der Waals surface area contributed by atoms with Gasteiger partial charge in [-0.2, -0.15) is 13.2 Å². The van der Waals surface area contributed by atoms with E-state index < -0.39 is 11.7 Å². The van der Waals surface area contributed by atoms with Gasteiger partial charge in [-0.1, -0.05) is 18.2 Å². The molecule has 0 saturated carbocycles. The van der Waals surface area contributed by atoms with Gasteiger partial charge in [0, 0.05) is 32.7 Å². The highest BCUT2D eigenvalue weighted by atomic mass is 19.4. The van der Waals surface area contributed by atoms with Crippen LogP contribution in [0.4, 0.5) is 18.0 Å². The van der Waals surface area contributed by atoms with Crippen LogP contribution < -0.4 is 10.6 Å². The lowest BCUT2D eigenvalue weighted by Crippen LogP contribution is -2.34. The van der Waals surface area contributed by atoms with Gasteiger partial charge in [-0.05, 0) is 11.6 Å². The lowest BCUT2D eigenvalue weighted by molar-refractivity contribution is -0.138. The molecule has 0 aromatic heterocycles. The second kappa shape index (κ2) is 6.13. The standard InChI is InChI=1S/C13H16F3N3O/c14-13(15,16)11-4-2-1-3-10(11)9-17-5-7-19-8-6-18-12(19)20/h1-4,17H,5-9H2,(H,18,20). The maximum atomic E-state index is 12.8. The SMILES string of the molecule is O=C1NCCN1CCNCc1ccccc1C(F)(F)F. The lowest BCUT2D eigenvalue weighted by Gasteiger charge is -2.16. The van der Waals surface area contributed by atoms with E-state index >= 15 is 0 Å². The first-order chi connectivity index (χ1) is 9.48. The zero-order valence-corrected chi connectivity index (χ0v) is 10.8. The Kier molecular flexibility index (Phi) is 4.49. The number of urea groups is 1. The van der Waals surface area contributed by atoms with Crippen LogP contribution in [-0.4, -0.2) is 37.1 Å². The number of nitrogens with one attached hydrogen (secondary N) is 2. The summed E-state index contributed by atoms with van der Waals surface area (Å²) in [6.07, 6.45) is -4.34. The summed E-state index contributed by atoms with van der Waals surface area (Å²) < 4.78 is 38.3. The molecule has 1 fully saturated rings. The van der Waals surface area contributed by atoms with E-state index in [4.69, 9.17) is 0 Å². The predicted molar refractivity (Wildman–Crippen MR) is 68.1 cm³/mol. The second-order valence-corrected chi connectivity index (χ2v) is 4.55. The van der Waals surface area contributed by atoms with Gasteiger partial charge in [0.25, 0.3) is 0 Å². The van der Waals surface area contributed by atoms with Crippen molar-refractivity contribution < 1.29 is 18.0 Å². The molecule has 1 aliphatic heterocycles. The third-order valence-electron chi connectivity index (χ3n) is 3.14. The first kappa shape index (κ1) is 14.6. The van der Waals surface area contributed by atoms with Crippen molar-refractivity contribution in [1.82, 2.24) is 15.5 Å². The van der Waals surface area contributed by atoms with Gasteiger partial charge >= 0.3 is 12.2 Å². The summed E-state index contributed by atoms with van der Waals surface area (Å²) in [6, 6.07) is 5.37. The Labute approximate surface area is 114 Å². The van der Waals surface area contributed by atoms with Crippen LogP contribution in [0.2, 0.25) is 0 Å². The number of carbonyl (C=O) groups excluding carboxylic acids is 1. The minimum absolute atomic E-state index is 0.123. The number of halogens is 3. The maximum Gasteiger partial charge on any atom is 0.416 e. The predicted octanol–water partition coefficient (Wildman–Crippen LogP) is 1.82. The molecule has 1 aliphatic rings. The fraction of sp³-hybridized carbons (Fsp3) is 0.462. The molecule has 0 spiro atoms. The molecule has 0 atom stereocenters. The van der Waals surface area contributed by atoms with Crippen molar-refractivity contribution >= 4 is 6.03 Å². The smallest absolute Gasteiger partial charge is 0.336 e. The average molecular weight is 287 g/mol. The van der Waals surface area contributed by atoms with E-state index in [0.29, 0.717) is 26.2 Å². The molecule has 2 N–H and O–H groups in total. The van der Waals surface area contributed by atoms with Crippen LogP contribution in [0.15, 0.2) is 24.3 Å². The largest absolute Gasteiger partial charge is 0.416 e. The van der Waals surface area contributed by atoms with Gasteiger partial charge in [0.15, 0.2) is 0 Å². The zero-order valence-electron chi connectivity index (χ0n) is 10.8. The maximum absolute atomic E-state index is 12.8. The highest BCUT2D eigenvalue weighted by Gasteiger charge is 2.32. The molecule has 0 unspecified atom stereocenters. The van der Waals surface area contributed by atoms with Crippen molar-refractivity contribution in [3.05, 3.63) is 35.4 Å². The van der Waals surface area contributed by atoms with Crippen LogP contribution in [0.5, 0.6) is 0 Å². The van der Waals surface area contributed by atoms with Crippen LogP contribution in [0.3, 0.4) is 0 Å². The Morgan fingerprint density at radius 2 is 2.05 bits per heavy atom. The Morgan fingerprint density at radius 1 is 1.30 bits per heavy atom. The van der Waals surface area contributed by atoms with E-state index in [2.05, 4.69) is 10.6 Å². The molecule has 2 amide bonds. The summed E-state index contributed by atoms with van der Waals surface area (Å²) >= 11 is 0. The van der Waals surface area contributed by atoms with Crippen LogP contribution >= 0.6 is 0 Å². The quantitative estimate of drug-likeness (QED) is 0.811.